The molecule has 0 aliphatic heterocycles. The van der Waals surface area contributed by atoms with E-state index in [0.717, 1.165) is 24.3 Å². The molecule has 0 amide bonds. The molecule has 2 rings (SSSR count). The van der Waals surface area contributed by atoms with Crippen LogP contribution in [0.1, 0.15) is 46.0 Å². The molecule has 0 radical (unpaired) electrons. The predicted octanol–water partition coefficient (Wildman–Crippen LogP) is 4.11. The number of methoxy groups -OCH3 is 1. The molecule has 5 heteroatoms. The summed E-state index contributed by atoms with van der Waals surface area (Å²) >= 11 is 0. The highest BCUT2D eigenvalue weighted by atomic mass is 16.6. The van der Waals surface area contributed by atoms with Crippen LogP contribution in [0.5, 0.6) is 5.75 Å². The minimum Gasteiger partial charge on any atom is -0.497 e. The van der Waals surface area contributed by atoms with Crippen LogP contribution in [0.25, 0.3) is 0 Å². The van der Waals surface area contributed by atoms with E-state index in [1.54, 1.807) is 21.0 Å². The molecule has 1 unspecified atom stereocenters. The number of nitrogens with one attached hydrogen (secondary N) is 1. The number of hydrogen-bond acceptors (Lipinski definition) is 4. The van der Waals surface area contributed by atoms with Crippen molar-refractivity contribution in [1.29, 1.82) is 0 Å². The van der Waals surface area contributed by atoms with E-state index in [1.807, 2.05) is 24.3 Å². The number of hydrogen-bond donors (Lipinski definition) is 1. The molecule has 122 valence electrons. The zero-order valence-corrected chi connectivity index (χ0v) is 13.7. The van der Waals surface area contributed by atoms with Gasteiger partial charge in [-0.3, -0.25) is 10.1 Å². The highest BCUT2D eigenvalue weighted by Crippen LogP contribution is 2.34. The molecule has 1 aromatic rings. The molecule has 1 fully saturated rings. The molecule has 1 aromatic carbocycles. The lowest BCUT2D eigenvalue weighted by Gasteiger charge is -2.36. The van der Waals surface area contributed by atoms with Crippen molar-refractivity contribution in [2.24, 2.45) is 5.92 Å². The molecular weight excluding hydrogens is 280 g/mol. The Labute approximate surface area is 132 Å². The summed E-state index contributed by atoms with van der Waals surface area (Å²) in [6, 6.07) is 7.42. The van der Waals surface area contributed by atoms with Gasteiger partial charge in [-0.05, 0) is 43.0 Å². The van der Waals surface area contributed by atoms with Crippen LogP contribution in [-0.4, -0.2) is 23.6 Å². The zero-order chi connectivity index (χ0) is 16.2. The van der Waals surface area contributed by atoms with E-state index in [4.69, 9.17) is 4.74 Å². The molecule has 1 N–H and O–H groups in total. The minimum atomic E-state index is -0.998. The number of nitro groups is 1. The third kappa shape index (κ3) is 3.70. The third-order valence-corrected chi connectivity index (χ3v) is 4.77. The van der Waals surface area contributed by atoms with Crippen molar-refractivity contribution in [3.05, 3.63) is 34.4 Å². The van der Waals surface area contributed by atoms with E-state index in [1.165, 1.54) is 19.3 Å². The fourth-order valence-corrected chi connectivity index (χ4v) is 3.32. The van der Waals surface area contributed by atoms with Crippen LogP contribution in [0.3, 0.4) is 0 Å². The summed E-state index contributed by atoms with van der Waals surface area (Å²) in [7, 11) is 1.63. The molecule has 0 aromatic heterocycles. The summed E-state index contributed by atoms with van der Waals surface area (Å²) < 4.78 is 5.16. The quantitative estimate of drug-likeness (QED) is 0.634. The van der Waals surface area contributed by atoms with Crippen LogP contribution in [0.2, 0.25) is 0 Å². The maximum atomic E-state index is 11.5. The molecule has 1 aliphatic carbocycles. The molecule has 1 saturated carbocycles. The number of rotatable bonds is 6. The predicted molar refractivity (Wildman–Crippen MR) is 88.1 cm³/mol. The van der Waals surface area contributed by atoms with Gasteiger partial charge >= 0.3 is 0 Å². The average Bonchev–Trinajstić information content (AvgIpc) is 2.53. The average molecular weight is 306 g/mol. The Kier molecular flexibility index (Phi) is 5.27. The molecule has 0 spiro atoms. The highest BCUT2D eigenvalue weighted by Gasteiger charge is 2.45. The van der Waals surface area contributed by atoms with Gasteiger partial charge in [0.25, 0.3) is 0 Å². The van der Waals surface area contributed by atoms with Crippen molar-refractivity contribution < 1.29 is 9.66 Å². The largest absolute Gasteiger partial charge is 0.497 e. The zero-order valence-electron chi connectivity index (χ0n) is 13.7. The lowest BCUT2D eigenvalue weighted by molar-refractivity contribution is -0.564. The lowest BCUT2D eigenvalue weighted by Crippen LogP contribution is -2.52. The first-order valence-corrected chi connectivity index (χ1v) is 8.00. The number of benzene rings is 1. The van der Waals surface area contributed by atoms with E-state index >= 15 is 0 Å². The van der Waals surface area contributed by atoms with Crippen molar-refractivity contribution in [3.63, 3.8) is 0 Å². The molecule has 22 heavy (non-hydrogen) atoms. The molecular formula is C17H26N2O3. The molecule has 0 bridgehead atoms. The number of nitrogens with zero attached hydrogens (tertiary/aromatic N) is 1. The molecule has 1 aliphatic rings. The summed E-state index contributed by atoms with van der Waals surface area (Å²) in [4.78, 5) is 11.4. The van der Waals surface area contributed by atoms with Crippen molar-refractivity contribution >= 4 is 5.69 Å². The summed E-state index contributed by atoms with van der Waals surface area (Å²) in [5.41, 5.74) is -0.0895. The Morgan fingerprint density at radius 3 is 2.32 bits per heavy atom. The van der Waals surface area contributed by atoms with Gasteiger partial charge in [0, 0.05) is 24.5 Å². The van der Waals surface area contributed by atoms with Crippen molar-refractivity contribution in [2.75, 3.05) is 12.4 Å². The van der Waals surface area contributed by atoms with Gasteiger partial charge in [-0.2, -0.15) is 0 Å². The van der Waals surface area contributed by atoms with E-state index in [-0.39, 0.29) is 11.0 Å². The Balaban J connectivity index is 2.20. The maximum absolute atomic E-state index is 11.5. The second-order valence-electron chi connectivity index (χ2n) is 6.66. The van der Waals surface area contributed by atoms with Crippen LogP contribution in [0.4, 0.5) is 5.69 Å². The van der Waals surface area contributed by atoms with Crippen LogP contribution in [0.15, 0.2) is 24.3 Å². The summed E-state index contributed by atoms with van der Waals surface area (Å²) in [5, 5.41) is 15.0. The van der Waals surface area contributed by atoms with Gasteiger partial charge in [0.15, 0.2) is 0 Å². The Morgan fingerprint density at radius 2 is 1.82 bits per heavy atom. The first kappa shape index (κ1) is 16.6. The summed E-state index contributed by atoms with van der Waals surface area (Å²) in [5.74, 6) is 1.13. The SMILES string of the molecule is COc1ccc(NC(C2CCCCC2)C(C)(C)[N+](=O)[O-])cc1. The smallest absolute Gasteiger partial charge is 0.236 e. The molecule has 0 heterocycles. The van der Waals surface area contributed by atoms with Crippen LogP contribution >= 0.6 is 0 Å². The van der Waals surface area contributed by atoms with E-state index in [2.05, 4.69) is 5.32 Å². The van der Waals surface area contributed by atoms with Gasteiger partial charge in [-0.15, -0.1) is 0 Å². The van der Waals surface area contributed by atoms with Gasteiger partial charge in [0.1, 0.15) is 5.75 Å². The monoisotopic (exact) mass is 306 g/mol. The Hall–Kier alpha value is -1.78. The second-order valence-corrected chi connectivity index (χ2v) is 6.66. The minimum absolute atomic E-state index is 0.150. The van der Waals surface area contributed by atoms with Crippen LogP contribution in [0, 0.1) is 16.0 Å². The Morgan fingerprint density at radius 1 is 1.23 bits per heavy atom. The standard InChI is InChI=1S/C17H26N2O3/c1-17(2,19(20)21)16(13-7-5-4-6-8-13)18-14-9-11-15(22-3)12-10-14/h9-13,16,18H,4-8H2,1-3H3. The van der Waals surface area contributed by atoms with E-state index in [9.17, 15) is 10.1 Å². The fourth-order valence-electron chi connectivity index (χ4n) is 3.32. The normalized spacial score (nSPS) is 17.8. The molecule has 1 atom stereocenters. The first-order chi connectivity index (χ1) is 10.4. The van der Waals surface area contributed by atoms with Crippen LogP contribution in [-0.2, 0) is 0 Å². The lowest BCUT2D eigenvalue weighted by atomic mass is 9.76. The molecule has 5 nitrogen and oxygen atoms in total. The first-order valence-electron chi connectivity index (χ1n) is 8.00. The van der Waals surface area contributed by atoms with Crippen molar-refractivity contribution in [2.45, 2.75) is 57.5 Å². The van der Waals surface area contributed by atoms with Crippen molar-refractivity contribution in [3.8, 4) is 5.75 Å². The third-order valence-electron chi connectivity index (χ3n) is 4.77. The number of anilines is 1. The van der Waals surface area contributed by atoms with Crippen molar-refractivity contribution in [1.82, 2.24) is 0 Å². The second kappa shape index (κ2) is 6.99. The van der Waals surface area contributed by atoms with Gasteiger partial charge in [0.2, 0.25) is 5.54 Å². The molecule has 0 saturated heterocycles. The van der Waals surface area contributed by atoms with E-state index in [0.29, 0.717) is 5.92 Å². The van der Waals surface area contributed by atoms with Gasteiger partial charge in [-0.1, -0.05) is 19.3 Å². The fraction of sp³-hybridized carbons (Fsp3) is 0.647. The van der Waals surface area contributed by atoms with Gasteiger partial charge < -0.3 is 10.1 Å². The highest BCUT2D eigenvalue weighted by molar-refractivity contribution is 5.47. The maximum Gasteiger partial charge on any atom is 0.236 e. The topological polar surface area (TPSA) is 64.4 Å². The van der Waals surface area contributed by atoms with Gasteiger partial charge in [-0.25, -0.2) is 0 Å². The van der Waals surface area contributed by atoms with Gasteiger partial charge in [0.05, 0.1) is 13.2 Å². The Bertz CT molecular complexity index is 493. The number of ether oxygens (including phenoxy) is 1. The van der Waals surface area contributed by atoms with Crippen LogP contribution < -0.4 is 10.1 Å². The summed E-state index contributed by atoms with van der Waals surface area (Å²) in [6.45, 7) is 3.45. The summed E-state index contributed by atoms with van der Waals surface area (Å²) in [6.07, 6.45) is 5.69. The van der Waals surface area contributed by atoms with E-state index < -0.39 is 5.54 Å².